The van der Waals surface area contributed by atoms with Crippen LogP contribution in [0.1, 0.15) is 5.56 Å². The normalized spacial score (nSPS) is 11.3. The Morgan fingerprint density at radius 3 is 2.16 bits per heavy atom. The van der Waals surface area contributed by atoms with E-state index in [4.69, 9.17) is 21.1 Å². The fourth-order valence-electron chi connectivity index (χ4n) is 2.92. The first-order valence-corrected chi connectivity index (χ1v) is 12.4. The molecule has 0 saturated heterocycles. The van der Waals surface area contributed by atoms with Crippen LogP contribution >= 0.6 is 6.26 Å². The lowest BCUT2D eigenvalue weighted by molar-refractivity contribution is 0.398. The van der Waals surface area contributed by atoms with Crippen molar-refractivity contribution in [2.75, 3.05) is 12.5 Å². The van der Waals surface area contributed by atoms with Gasteiger partial charge >= 0.3 is 0 Å². The van der Waals surface area contributed by atoms with Crippen molar-refractivity contribution in [3.05, 3.63) is 97.2 Å². The van der Waals surface area contributed by atoms with Crippen molar-refractivity contribution in [1.82, 2.24) is 15.0 Å². The minimum atomic E-state index is -2.64. The Morgan fingerprint density at radius 1 is 0.875 bits per heavy atom. The highest BCUT2D eigenvalue weighted by Gasteiger charge is 2.26. The standard InChI is InChI=1S/C23H20N5O2PS/c1-29-22-16-18(17-27-28-23-4-2-3-11-26-23)5-6-21(22)30-31(32,19-7-12-24-13-8-19)20-9-14-25-15-10-20/h2-17H,1H3,(H,26,28). The first-order valence-electron chi connectivity index (χ1n) is 9.68. The largest absolute Gasteiger partial charge is 0.493 e. The molecule has 0 aliphatic carbocycles. The molecule has 0 amide bonds. The van der Waals surface area contributed by atoms with E-state index < -0.39 is 6.26 Å². The number of aromatic nitrogens is 3. The highest BCUT2D eigenvalue weighted by atomic mass is 32.4. The molecule has 7 nitrogen and oxygen atoms in total. The van der Waals surface area contributed by atoms with Crippen LogP contribution in [0.25, 0.3) is 0 Å². The number of ether oxygens (including phenoxy) is 1. The maximum atomic E-state index is 6.50. The highest BCUT2D eigenvalue weighted by molar-refractivity contribution is 8.19. The van der Waals surface area contributed by atoms with E-state index in [0.717, 1.165) is 16.2 Å². The fourth-order valence-corrected chi connectivity index (χ4v) is 5.87. The summed E-state index contributed by atoms with van der Waals surface area (Å²) in [4.78, 5) is 12.4. The Bertz CT molecular complexity index is 1200. The van der Waals surface area contributed by atoms with Crippen molar-refractivity contribution in [3.8, 4) is 11.5 Å². The van der Waals surface area contributed by atoms with Gasteiger partial charge in [-0.1, -0.05) is 6.07 Å². The van der Waals surface area contributed by atoms with Gasteiger partial charge in [0.15, 0.2) is 17.8 Å². The Hall–Kier alpha value is -3.61. The molecule has 0 radical (unpaired) electrons. The number of methoxy groups -OCH3 is 1. The van der Waals surface area contributed by atoms with Crippen LogP contribution < -0.4 is 25.3 Å². The molecule has 3 heterocycles. The summed E-state index contributed by atoms with van der Waals surface area (Å²) in [7, 11) is 1.59. The van der Waals surface area contributed by atoms with E-state index in [1.807, 2.05) is 60.7 Å². The number of hydrogen-bond acceptors (Lipinski definition) is 8. The molecular formula is C23H20N5O2PS. The van der Waals surface area contributed by atoms with Crippen LogP contribution in [0.15, 0.2) is 96.7 Å². The zero-order chi connectivity index (χ0) is 22.2. The van der Waals surface area contributed by atoms with Gasteiger partial charge in [0.05, 0.1) is 13.3 Å². The molecule has 0 atom stereocenters. The maximum absolute atomic E-state index is 6.50. The van der Waals surface area contributed by atoms with Crippen molar-refractivity contribution >= 4 is 40.7 Å². The van der Waals surface area contributed by atoms with Crippen molar-refractivity contribution in [2.45, 2.75) is 0 Å². The summed E-state index contributed by atoms with van der Waals surface area (Å²) in [6.07, 6.45) is 7.60. The molecule has 9 heteroatoms. The summed E-state index contributed by atoms with van der Waals surface area (Å²) >= 11 is 6.12. The predicted octanol–water partition coefficient (Wildman–Crippen LogP) is 3.75. The molecule has 160 valence electrons. The van der Waals surface area contributed by atoms with Gasteiger partial charge in [-0.2, -0.15) is 5.10 Å². The lowest BCUT2D eigenvalue weighted by atomic mass is 10.2. The van der Waals surface area contributed by atoms with Crippen LogP contribution in [-0.2, 0) is 11.8 Å². The van der Waals surface area contributed by atoms with E-state index in [0.29, 0.717) is 17.3 Å². The number of benzene rings is 1. The summed E-state index contributed by atoms with van der Waals surface area (Å²) in [6, 6.07) is 18.7. The van der Waals surface area contributed by atoms with Crippen molar-refractivity contribution < 1.29 is 9.26 Å². The summed E-state index contributed by atoms with van der Waals surface area (Å²) < 4.78 is 12.1. The second kappa shape index (κ2) is 10.1. The second-order valence-corrected chi connectivity index (χ2v) is 10.4. The van der Waals surface area contributed by atoms with Gasteiger partial charge in [0.2, 0.25) is 0 Å². The van der Waals surface area contributed by atoms with E-state index in [9.17, 15) is 0 Å². The minimum absolute atomic E-state index is 0.555. The minimum Gasteiger partial charge on any atom is -0.493 e. The van der Waals surface area contributed by atoms with E-state index in [-0.39, 0.29) is 0 Å². The van der Waals surface area contributed by atoms with E-state index in [1.54, 1.807) is 44.3 Å². The molecule has 4 rings (SSSR count). The van der Waals surface area contributed by atoms with Gasteiger partial charge in [-0.25, -0.2) is 4.98 Å². The lowest BCUT2D eigenvalue weighted by Crippen LogP contribution is -2.20. The van der Waals surface area contributed by atoms with Gasteiger partial charge in [0, 0.05) is 41.6 Å². The van der Waals surface area contributed by atoms with Crippen LogP contribution in [0.2, 0.25) is 0 Å². The lowest BCUT2D eigenvalue weighted by Gasteiger charge is -2.25. The van der Waals surface area contributed by atoms with Gasteiger partial charge in [-0.05, 0) is 72.0 Å². The molecule has 1 aromatic carbocycles. The van der Waals surface area contributed by atoms with Crippen molar-refractivity contribution in [1.29, 1.82) is 0 Å². The highest BCUT2D eigenvalue weighted by Crippen LogP contribution is 2.47. The molecule has 32 heavy (non-hydrogen) atoms. The van der Waals surface area contributed by atoms with Crippen LogP contribution in [0, 0.1) is 0 Å². The fraction of sp³-hybridized carbons (Fsp3) is 0.0435. The Kier molecular flexibility index (Phi) is 6.84. The summed E-state index contributed by atoms with van der Waals surface area (Å²) in [6.45, 7) is 0. The quantitative estimate of drug-likeness (QED) is 0.243. The molecule has 1 N–H and O–H groups in total. The molecule has 0 aliphatic heterocycles. The van der Waals surface area contributed by atoms with Crippen molar-refractivity contribution in [3.63, 3.8) is 0 Å². The average molecular weight is 461 g/mol. The first-order chi connectivity index (χ1) is 15.7. The third-order valence-electron chi connectivity index (χ3n) is 4.48. The van der Waals surface area contributed by atoms with Crippen LogP contribution in [0.3, 0.4) is 0 Å². The zero-order valence-corrected chi connectivity index (χ0v) is 18.9. The van der Waals surface area contributed by atoms with E-state index >= 15 is 0 Å². The van der Waals surface area contributed by atoms with Gasteiger partial charge in [0.1, 0.15) is 5.82 Å². The molecule has 0 fully saturated rings. The van der Waals surface area contributed by atoms with Gasteiger partial charge in [-0.15, -0.1) is 0 Å². The molecule has 0 unspecified atom stereocenters. The summed E-state index contributed by atoms with van der Waals surface area (Å²) in [5.41, 5.74) is 3.72. The third kappa shape index (κ3) is 4.99. The van der Waals surface area contributed by atoms with Crippen LogP contribution in [0.4, 0.5) is 5.82 Å². The first kappa shape index (κ1) is 21.6. The third-order valence-corrected chi connectivity index (χ3v) is 8.38. The Labute approximate surface area is 191 Å². The van der Waals surface area contributed by atoms with Gasteiger partial charge < -0.3 is 9.26 Å². The van der Waals surface area contributed by atoms with Crippen LogP contribution in [-0.4, -0.2) is 28.3 Å². The summed E-state index contributed by atoms with van der Waals surface area (Å²) in [5.74, 6) is 1.77. The topological polar surface area (TPSA) is 81.5 Å². The molecule has 0 spiro atoms. The number of hydrazone groups is 1. The molecule has 0 bridgehead atoms. The predicted molar refractivity (Wildman–Crippen MR) is 131 cm³/mol. The van der Waals surface area contributed by atoms with E-state index in [1.165, 1.54) is 0 Å². The number of nitrogens with zero attached hydrogens (tertiary/aromatic N) is 4. The van der Waals surface area contributed by atoms with Crippen molar-refractivity contribution in [2.24, 2.45) is 5.10 Å². The van der Waals surface area contributed by atoms with E-state index in [2.05, 4.69) is 25.5 Å². The second-order valence-electron chi connectivity index (χ2n) is 6.55. The van der Waals surface area contributed by atoms with Gasteiger partial charge in [0.25, 0.3) is 0 Å². The number of anilines is 1. The maximum Gasteiger partial charge on any atom is 0.171 e. The molecule has 0 aliphatic rings. The SMILES string of the molecule is COc1cc(C=NNc2ccccn2)ccc1OP(=S)(c1ccncc1)c1ccncc1. The number of nitrogens with one attached hydrogen (secondary N) is 1. The molecule has 0 saturated carbocycles. The smallest absolute Gasteiger partial charge is 0.171 e. The Morgan fingerprint density at radius 2 is 1.56 bits per heavy atom. The Balaban J connectivity index is 1.62. The molecular weight excluding hydrogens is 441 g/mol. The van der Waals surface area contributed by atoms with Crippen LogP contribution in [0.5, 0.6) is 11.5 Å². The number of rotatable bonds is 8. The average Bonchev–Trinajstić information content (AvgIpc) is 2.86. The summed E-state index contributed by atoms with van der Waals surface area (Å²) in [5, 5.41) is 6.00. The zero-order valence-electron chi connectivity index (χ0n) is 17.2. The van der Waals surface area contributed by atoms with Gasteiger partial charge in [-0.3, -0.25) is 15.4 Å². The number of pyridine rings is 3. The number of hydrogen-bond donors (Lipinski definition) is 1. The molecule has 4 aromatic rings. The monoisotopic (exact) mass is 461 g/mol. The molecule has 3 aromatic heterocycles.